The highest BCUT2D eigenvalue weighted by Crippen LogP contribution is 2.37. The van der Waals surface area contributed by atoms with Crippen molar-refractivity contribution in [3.05, 3.63) is 113 Å². The number of carbonyl (C=O) groups excluding carboxylic acids is 1. The fourth-order valence-corrected chi connectivity index (χ4v) is 6.54. The van der Waals surface area contributed by atoms with Crippen LogP contribution in [0.1, 0.15) is 11.1 Å². The number of ether oxygens (including phenoxy) is 1. The minimum absolute atomic E-state index is 0.0774. The fraction of sp³-hybridized carbons (Fsp3) is 0.161. The van der Waals surface area contributed by atoms with Gasteiger partial charge in [-0.05, 0) is 64.7 Å². The van der Waals surface area contributed by atoms with Crippen molar-refractivity contribution in [2.45, 2.75) is 23.8 Å². The van der Waals surface area contributed by atoms with E-state index >= 15 is 0 Å². The molecule has 5 rings (SSSR count). The normalized spacial score (nSPS) is 14.4. The van der Waals surface area contributed by atoms with Crippen molar-refractivity contribution in [1.29, 1.82) is 0 Å². The Bertz CT molecular complexity index is 1660. The van der Waals surface area contributed by atoms with Crippen molar-refractivity contribution < 1.29 is 27.9 Å². The molecular formula is C31H27ClN2O6S. The highest BCUT2D eigenvalue weighted by atomic mass is 35.5. The van der Waals surface area contributed by atoms with E-state index in [1.54, 1.807) is 72.8 Å². The number of carbonyl (C=O) groups is 2. The monoisotopic (exact) mass is 590 g/mol. The second-order valence-corrected chi connectivity index (χ2v) is 11.8. The predicted octanol–water partition coefficient (Wildman–Crippen LogP) is 4.95. The van der Waals surface area contributed by atoms with Crippen molar-refractivity contribution in [2.24, 2.45) is 0 Å². The lowest BCUT2D eigenvalue weighted by molar-refractivity contribution is -0.136. The summed E-state index contributed by atoms with van der Waals surface area (Å²) in [6.07, 6.45) is 0.169. The number of nitrogens with zero attached hydrogens (tertiary/aromatic N) is 1. The van der Waals surface area contributed by atoms with Crippen molar-refractivity contribution in [3.8, 4) is 16.9 Å². The maximum absolute atomic E-state index is 13.9. The highest BCUT2D eigenvalue weighted by molar-refractivity contribution is 7.93. The zero-order valence-corrected chi connectivity index (χ0v) is 23.4. The predicted molar refractivity (Wildman–Crippen MR) is 157 cm³/mol. The number of rotatable bonds is 10. The van der Waals surface area contributed by atoms with Crippen LogP contribution in [0.25, 0.3) is 11.1 Å². The zero-order chi connectivity index (χ0) is 29.0. The molecule has 4 aromatic carbocycles. The summed E-state index contributed by atoms with van der Waals surface area (Å²) in [4.78, 5) is 24.2. The second-order valence-electron chi connectivity index (χ2n) is 9.53. The standard InChI is InChI=1S/C31H27ClN2O6S/c32-25-11-7-22(8-12-25)23-9-15-27(16-10-23)41(38,39)34-28-4-2-1-3-24(28)20-29(34)31(37)33-17-18-40-26-13-5-21(6-14-26)19-30(35)36/h1-16,29H,17-20H2,(H,33,37)(H,35,36)/t29-/m0/s1. The van der Waals surface area contributed by atoms with E-state index in [9.17, 15) is 18.0 Å². The summed E-state index contributed by atoms with van der Waals surface area (Å²) < 4.78 is 34.6. The van der Waals surface area contributed by atoms with Crippen LogP contribution in [0.4, 0.5) is 5.69 Å². The molecule has 1 heterocycles. The van der Waals surface area contributed by atoms with E-state index < -0.39 is 27.9 Å². The van der Waals surface area contributed by atoms with Gasteiger partial charge in [0.15, 0.2) is 0 Å². The summed E-state index contributed by atoms with van der Waals surface area (Å²) in [5, 5.41) is 12.3. The average molecular weight is 591 g/mol. The maximum Gasteiger partial charge on any atom is 0.307 e. The number of carboxylic acids is 1. The van der Waals surface area contributed by atoms with Crippen LogP contribution in [0.15, 0.2) is 102 Å². The van der Waals surface area contributed by atoms with Crippen LogP contribution in [0.5, 0.6) is 5.75 Å². The Morgan fingerprint density at radius 2 is 1.54 bits per heavy atom. The van der Waals surface area contributed by atoms with Crippen LogP contribution in [0.2, 0.25) is 5.02 Å². The number of hydrogen-bond donors (Lipinski definition) is 2. The van der Waals surface area contributed by atoms with Crippen LogP contribution in [-0.2, 0) is 32.5 Å². The van der Waals surface area contributed by atoms with Gasteiger partial charge in [0.25, 0.3) is 10.0 Å². The van der Waals surface area contributed by atoms with Gasteiger partial charge in [0.2, 0.25) is 5.91 Å². The number of anilines is 1. The molecule has 0 spiro atoms. The minimum Gasteiger partial charge on any atom is -0.492 e. The highest BCUT2D eigenvalue weighted by Gasteiger charge is 2.42. The van der Waals surface area contributed by atoms with E-state index in [0.717, 1.165) is 16.7 Å². The number of halogens is 1. The molecule has 0 unspecified atom stereocenters. The number of nitrogens with one attached hydrogen (secondary N) is 1. The number of benzene rings is 4. The van der Waals surface area contributed by atoms with Gasteiger partial charge in [-0.15, -0.1) is 0 Å². The van der Waals surface area contributed by atoms with Crippen molar-refractivity contribution >= 4 is 39.2 Å². The molecule has 1 aliphatic rings. The molecule has 0 aromatic heterocycles. The topological polar surface area (TPSA) is 113 Å². The molecule has 1 atom stereocenters. The lowest BCUT2D eigenvalue weighted by Gasteiger charge is -2.26. The Labute approximate surface area is 243 Å². The van der Waals surface area contributed by atoms with E-state index in [4.69, 9.17) is 21.4 Å². The maximum atomic E-state index is 13.9. The molecule has 8 nitrogen and oxygen atoms in total. The van der Waals surface area contributed by atoms with Gasteiger partial charge < -0.3 is 15.2 Å². The van der Waals surface area contributed by atoms with Crippen molar-refractivity contribution in [1.82, 2.24) is 5.32 Å². The Kier molecular flexibility index (Phi) is 8.28. The zero-order valence-electron chi connectivity index (χ0n) is 21.9. The number of para-hydroxylation sites is 1. The van der Waals surface area contributed by atoms with Crippen LogP contribution in [0, 0.1) is 0 Å². The molecule has 0 aliphatic carbocycles. The summed E-state index contributed by atoms with van der Waals surface area (Å²) in [6.45, 7) is 0.314. The molecule has 41 heavy (non-hydrogen) atoms. The lowest BCUT2D eigenvalue weighted by Crippen LogP contribution is -2.48. The first kappa shape index (κ1) is 28.2. The van der Waals surface area contributed by atoms with E-state index in [1.165, 1.54) is 4.31 Å². The van der Waals surface area contributed by atoms with Crippen molar-refractivity contribution in [3.63, 3.8) is 0 Å². The van der Waals surface area contributed by atoms with Crippen LogP contribution in [0.3, 0.4) is 0 Å². The number of carboxylic acid groups (broad SMARTS) is 1. The first-order valence-electron chi connectivity index (χ1n) is 12.9. The van der Waals surface area contributed by atoms with Crippen LogP contribution < -0.4 is 14.4 Å². The third-order valence-electron chi connectivity index (χ3n) is 6.77. The second kappa shape index (κ2) is 12.0. The summed E-state index contributed by atoms with van der Waals surface area (Å²) in [5.74, 6) is -0.808. The van der Waals surface area contributed by atoms with Crippen LogP contribution >= 0.6 is 11.6 Å². The van der Waals surface area contributed by atoms with Gasteiger partial charge >= 0.3 is 5.97 Å². The lowest BCUT2D eigenvalue weighted by atomic mass is 10.1. The molecule has 210 valence electrons. The molecule has 10 heteroatoms. The summed E-state index contributed by atoms with van der Waals surface area (Å²) in [7, 11) is -4.06. The van der Waals surface area contributed by atoms with Gasteiger partial charge in [-0.25, -0.2) is 8.42 Å². The van der Waals surface area contributed by atoms with Crippen LogP contribution in [-0.4, -0.2) is 44.6 Å². The number of amides is 1. The molecular weight excluding hydrogens is 564 g/mol. The number of aliphatic carboxylic acids is 1. The Morgan fingerprint density at radius 3 is 2.20 bits per heavy atom. The van der Waals surface area contributed by atoms with E-state index in [0.29, 0.717) is 22.0 Å². The van der Waals surface area contributed by atoms with Gasteiger partial charge in [0.05, 0.1) is 23.5 Å². The molecule has 0 saturated carbocycles. The Morgan fingerprint density at radius 1 is 0.902 bits per heavy atom. The molecule has 0 saturated heterocycles. The third-order valence-corrected chi connectivity index (χ3v) is 8.85. The smallest absolute Gasteiger partial charge is 0.307 e. The largest absolute Gasteiger partial charge is 0.492 e. The van der Waals surface area contributed by atoms with E-state index in [2.05, 4.69) is 5.32 Å². The average Bonchev–Trinajstić information content (AvgIpc) is 3.37. The van der Waals surface area contributed by atoms with Gasteiger partial charge in [-0.2, -0.15) is 0 Å². The third kappa shape index (κ3) is 6.37. The molecule has 0 fully saturated rings. The molecule has 1 amide bonds. The van der Waals surface area contributed by atoms with Crippen molar-refractivity contribution in [2.75, 3.05) is 17.5 Å². The quantitative estimate of drug-likeness (QED) is 0.253. The summed E-state index contributed by atoms with van der Waals surface area (Å²) in [5.41, 5.74) is 3.65. The number of fused-ring (bicyclic) bond motifs is 1. The van der Waals surface area contributed by atoms with Gasteiger partial charge in [0.1, 0.15) is 18.4 Å². The minimum atomic E-state index is -4.06. The summed E-state index contributed by atoms with van der Waals surface area (Å²) in [6, 6.07) is 26.7. The molecule has 0 bridgehead atoms. The Balaban J connectivity index is 1.28. The Hall–Kier alpha value is -4.34. The van der Waals surface area contributed by atoms with Gasteiger partial charge in [0, 0.05) is 11.4 Å². The van der Waals surface area contributed by atoms with Gasteiger partial charge in [-0.1, -0.05) is 66.2 Å². The number of hydrogen-bond acceptors (Lipinski definition) is 5. The van der Waals surface area contributed by atoms with E-state index in [-0.39, 0.29) is 30.9 Å². The molecule has 4 aromatic rings. The first-order chi connectivity index (χ1) is 19.7. The summed E-state index contributed by atoms with van der Waals surface area (Å²) >= 11 is 5.98. The number of sulfonamides is 1. The van der Waals surface area contributed by atoms with E-state index in [1.807, 2.05) is 24.3 Å². The first-order valence-corrected chi connectivity index (χ1v) is 14.7. The van der Waals surface area contributed by atoms with Gasteiger partial charge in [-0.3, -0.25) is 13.9 Å². The molecule has 2 N–H and O–H groups in total. The molecule has 0 radical (unpaired) electrons. The molecule has 1 aliphatic heterocycles. The fourth-order valence-electron chi connectivity index (χ4n) is 4.77. The SMILES string of the molecule is O=C(O)Cc1ccc(OCCNC(=O)[C@@H]2Cc3ccccc3N2S(=O)(=O)c2ccc(-c3ccc(Cl)cc3)cc2)cc1.